The fourth-order valence-electron chi connectivity index (χ4n) is 2.86. The van der Waals surface area contributed by atoms with Crippen LogP contribution >= 0.6 is 12.2 Å². The molecule has 132 valence electrons. The molecule has 0 fully saturated rings. The first kappa shape index (κ1) is 18.0. The van der Waals surface area contributed by atoms with Gasteiger partial charge < -0.3 is 15.4 Å². The third kappa shape index (κ3) is 4.41. The van der Waals surface area contributed by atoms with Gasteiger partial charge in [0.1, 0.15) is 5.75 Å². The zero-order valence-corrected chi connectivity index (χ0v) is 15.7. The van der Waals surface area contributed by atoms with Crippen LogP contribution < -0.4 is 15.4 Å². The maximum Gasteiger partial charge on any atom is 0.171 e. The fourth-order valence-corrected chi connectivity index (χ4v) is 3.09. The fraction of sp³-hybridized carbons (Fsp3) is 0.136. The van der Waals surface area contributed by atoms with Crippen LogP contribution in [0, 0.1) is 6.92 Å². The van der Waals surface area contributed by atoms with E-state index >= 15 is 0 Å². The number of hydrogen-bond acceptors (Lipinski definition) is 2. The number of thiocarbonyl (C=S) groups is 1. The van der Waals surface area contributed by atoms with Crippen molar-refractivity contribution in [2.45, 2.75) is 13.0 Å². The molecule has 26 heavy (non-hydrogen) atoms. The molecule has 3 rings (SSSR count). The lowest BCUT2D eigenvalue weighted by Gasteiger charge is -2.22. The highest BCUT2D eigenvalue weighted by molar-refractivity contribution is 7.80. The molecule has 0 heterocycles. The van der Waals surface area contributed by atoms with E-state index in [-0.39, 0.29) is 6.04 Å². The highest BCUT2D eigenvalue weighted by atomic mass is 32.1. The number of methoxy groups -OCH3 is 1. The Kier molecular flexibility index (Phi) is 5.87. The van der Waals surface area contributed by atoms with Crippen molar-refractivity contribution in [1.29, 1.82) is 0 Å². The zero-order valence-electron chi connectivity index (χ0n) is 14.9. The summed E-state index contributed by atoms with van der Waals surface area (Å²) < 4.78 is 5.43. The average molecular weight is 362 g/mol. The second-order valence-electron chi connectivity index (χ2n) is 6.06. The summed E-state index contributed by atoms with van der Waals surface area (Å²) >= 11 is 5.59. The van der Waals surface area contributed by atoms with Crippen molar-refractivity contribution in [2.24, 2.45) is 0 Å². The minimum atomic E-state index is -0.0341. The normalized spacial score (nSPS) is 10.4. The summed E-state index contributed by atoms with van der Waals surface area (Å²) in [6.45, 7) is 2.04. The van der Waals surface area contributed by atoms with Crippen LogP contribution in [0.1, 0.15) is 22.7 Å². The van der Waals surface area contributed by atoms with E-state index in [4.69, 9.17) is 17.0 Å². The summed E-state index contributed by atoms with van der Waals surface area (Å²) in [5.41, 5.74) is 4.29. The number of rotatable bonds is 5. The van der Waals surface area contributed by atoms with Crippen molar-refractivity contribution in [3.05, 3.63) is 95.6 Å². The van der Waals surface area contributed by atoms with Crippen molar-refractivity contribution in [3.8, 4) is 5.75 Å². The monoisotopic (exact) mass is 362 g/mol. The molecule has 3 aromatic rings. The molecule has 0 aromatic heterocycles. The molecule has 0 radical (unpaired) electrons. The van der Waals surface area contributed by atoms with Gasteiger partial charge in [-0.3, -0.25) is 0 Å². The molecule has 0 amide bonds. The van der Waals surface area contributed by atoms with Crippen LogP contribution in [0.5, 0.6) is 5.75 Å². The Bertz CT molecular complexity index is 826. The van der Waals surface area contributed by atoms with E-state index in [1.165, 1.54) is 0 Å². The van der Waals surface area contributed by atoms with Crippen molar-refractivity contribution in [1.82, 2.24) is 5.32 Å². The summed E-state index contributed by atoms with van der Waals surface area (Å²) in [4.78, 5) is 0. The van der Waals surface area contributed by atoms with Crippen molar-refractivity contribution >= 4 is 23.0 Å². The Labute approximate surface area is 160 Å². The van der Waals surface area contributed by atoms with Crippen LogP contribution in [0.25, 0.3) is 0 Å². The van der Waals surface area contributed by atoms with Crippen LogP contribution in [0.3, 0.4) is 0 Å². The summed E-state index contributed by atoms with van der Waals surface area (Å²) in [5, 5.41) is 7.25. The molecule has 0 saturated heterocycles. The van der Waals surface area contributed by atoms with Crippen LogP contribution in [0.15, 0.2) is 78.9 Å². The SMILES string of the molecule is COc1ccc(C)cc1NC(=S)NC(c1ccccc1)c1ccccc1. The molecular weight excluding hydrogens is 340 g/mol. The predicted molar refractivity (Wildman–Crippen MR) is 112 cm³/mol. The number of ether oxygens (including phenoxy) is 1. The number of benzene rings is 3. The molecule has 0 atom stereocenters. The minimum Gasteiger partial charge on any atom is -0.495 e. The van der Waals surface area contributed by atoms with Crippen LogP contribution in [-0.2, 0) is 0 Å². The van der Waals surface area contributed by atoms with Gasteiger partial charge in [0, 0.05) is 0 Å². The Morgan fingerprint density at radius 3 is 2.00 bits per heavy atom. The van der Waals surface area contributed by atoms with E-state index in [9.17, 15) is 0 Å². The first-order valence-corrected chi connectivity index (χ1v) is 8.90. The van der Waals surface area contributed by atoms with Gasteiger partial charge in [-0.2, -0.15) is 0 Å². The molecule has 0 saturated carbocycles. The molecule has 0 aliphatic carbocycles. The maximum atomic E-state index is 5.59. The highest BCUT2D eigenvalue weighted by Gasteiger charge is 2.15. The molecule has 0 unspecified atom stereocenters. The summed E-state index contributed by atoms with van der Waals surface area (Å²) in [6.07, 6.45) is 0. The van der Waals surface area contributed by atoms with E-state index in [2.05, 4.69) is 34.9 Å². The lowest BCUT2D eigenvalue weighted by molar-refractivity contribution is 0.417. The molecule has 0 aliphatic rings. The topological polar surface area (TPSA) is 33.3 Å². The standard InChI is InChI=1S/C22H22N2OS/c1-16-13-14-20(25-2)19(15-16)23-22(26)24-21(17-9-5-3-6-10-17)18-11-7-4-8-12-18/h3-15,21H,1-2H3,(H2,23,24,26). The van der Waals surface area contributed by atoms with E-state index in [0.29, 0.717) is 5.11 Å². The third-order valence-electron chi connectivity index (χ3n) is 4.14. The molecular formula is C22H22N2OS. The van der Waals surface area contributed by atoms with Gasteiger partial charge in [0.05, 0.1) is 18.8 Å². The number of hydrogen-bond donors (Lipinski definition) is 2. The Hall–Kier alpha value is -2.85. The average Bonchev–Trinajstić information content (AvgIpc) is 2.68. The molecule has 3 nitrogen and oxygen atoms in total. The molecule has 0 bridgehead atoms. The smallest absolute Gasteiger partial charge is 0.171 e. The van der Waals surface area contributed by atoms with E-state index in [0.717, 1.165) is 28.1 Å². The van der Waals surface area contributed by atoms with E-state index in [1.54, 1.807) is 7.11 Å². The third-order valence-corrected chi connectivity index (χ3v) is 4.36. The number of anilines is 1. The van der Waals surface area contributed by atoms with E-state index < -0.39 is 0 Å². The minimum absolute atomic E-state index is 0.0341. The molecule has 2 N–H and O–H groups in total. The van der Waals surface area contributed by atoms with Crippen molar-refractivity contribution in [3.63, 3.8) is 0 Å². The Balaban J connectivity index is 1.83. The van der Waals surface area contributed by atoms with Gasteiger partial charge in [0.2, 0.25) is 0 Å². The van der Waals surface area contributed by atoms with Gasteiger partial charge in [0.15, 0.2) is 5.11 Å². The highest BCUT2D eigenvalue weighted by Crippen LogP contribution is 2.26. The van der Waals surface area contributed by atoms with E-state index in [1.807, 2.05) is 61.5 Å². The second kappa shape index (κ2) is 8.50. The quantitative estimate of drug-likeness (QED) is 0.620. The van der Waals surface area contributed by atoms with Crippen LogP contribution in [0.2, 0.25) is 0 Å². The lowest BCUT2D eigenvalue weighted by Crippen LogP contribution is -2.33. The first-order valence-electron chi connectivity index (χ1n) is 8.49. The first-order chi connectivity index (χ1) is 12.7. The summed E-state index contributed by atoms with van der Waals surface area (Å²) in [5.74, 6) is 0.760. The Morgan fingerprint density at radius 2 is 1.46 bits per heavy atom. The number of aryl methyl sites for hydroxylation is 1. The van der Waals surface area contributed by atoms with Gasteiger partial charge in [-0.25, -0.2) is 0 Å². The second-order valence-corrected chi connectivity index (χ2v) is 6.46. The van der Waals surface area contributed by atoms with Gasteiger partial charge >= 0.3 is 0 Å². The van der Waals surface area contributed by atoms with Crippen LogP contribution in [-0.4, -0.2) is 12.2 Å². The number of nitrogens with one attached hydrogen (secondary N) is 2. The summed E-state index contributed by atoms with van der Waals surface area (Å²) in [6, 6.07) is 26.5. The zero-order chi connectivity index (χ0) is 18.4. The maximum absolute atomic E-state index is 5.59. The lowest BCUT2D eigenvalue weighted by atomic mass is 9.99. The van der Waals surface area contributed by atoms with Gasteiger partial charge in [-0.05, 0) is 48.0 Å². The van der Waals surface area contributed by atoms with Crippen molar-refractivity contribution in [2.75, 3.05) is 12.4 Å². The molecule has 0 aliphatic heterocycles. The van der Waals surface area contributed by atoms with Crippen LogP contribution in [0.4, 0.5) is 5.69 Å². The molecule has 4 heteroatoms. The van der Waals surface area contributed by atoms with Gasteiger partial charge in [0.25, 0.3) is 0 Å². The molecule has 3 aromatic carbocycles. The Morgan fingerprint density at radius 1 is 0.885 bits per heavy atom. The van der Waals surface area contributed by atoms with Gasteiger partial charge in [-0.1, -0.05) is 66.7 Å². The van der Waals surface area contributed by atoms with Gasteiger partial charge in [-0.15, -0.1) is 0 Å². The largest absolute Gasteiger partial charge is 0.495 e. The molecule has 0 spiro atoms. The summed E-state index contributed by atoms with van der Waals surface area (Å²) in [7, 11) is 1.66. The predicted octanol–water partition coefficient (Wildman–Crippen LogP) is 5.08. The van der Waals surface area contributed by atoms with Crippen molar-refractivity contribution < 1.29 is 4.74 Å².